The van der Waals surface area contributed by atoms with Crippen LogP contribution in [0.2, 0.25) is 0 Å². The maximum atomic E-state index is 13.0. The van der Waals surface area contributed by atoms with Crippen molar-refractivity contribution in [3.63, 3.8) is 0 Å². The molecule has 0 spiro atoms. The quantitative estimate of drug-likeness (QED) is 0.0253. The van der Waals surface area contributed by atoms with E-state index in [2.05, 4.69) is 13.2 Å². The number of carbonyl (C=O) groups excluding carboxylic acids is 5. The number of carbonyl (C=O) groups is 5. The Morgan fingerprint density at radius 2 is 0.982 bits per heavy atom. The zero-order valence-corrected chi connectivity index (χ0v) is 31.4. The highest BCUT2D eigenvalue weighted by atomic mass is 16.6. The van der Waals surface area contributed by atoms with Crippen LogP contribution in [0.4, 0.5) is 0 Å². The molecule has 0 bridgehead atoms. The lowest BCUT2D eigenvalue weighted by atomic mass is 10.1. The summed E-state index contributed by atoms with van der Waals surface area (Å²) in [5.74, 6) is -1.73. The van der Waals surface area contributed by atoms with E-state index in [1.165, 1.54) is 42.5 Å². The Morgan fingerprint density at radius 1 is 0.518 bits per heavy atom. The molecule has 13 heteroatoms. The third kappa shape index (κ3) is 16.7. The molecule has 0 unspecified atom stereocenters. The Morgan fingerprint density at radius 3 is 1.52 bits per heavy atom. The van der Waals surface area contributed by atoms with Gasteiger partial charge < -0.3 is 33.2 Å². The van der Waals surface area contributed by atoms with E-state index >= 15 is 0 Å². The molecule has 0 aliphatic carbocycles. The smallest absolute Gasteiger partial charge is 0.343 e. The van der Waals surface area contributed by atoms with E-state index in [4.69, 9.17) is 38.4 Å². The summed E-state index contributed by atoms with van der Waals surface area (Å²) < 4.78 is 37.8. The van der Waals surface area contributed by atoms with Gasteiger partial charge in [-0.2, -0.15) is 5.26 Å². The number of unbranched alkanes of at least 4 members (excludes halogenated alkanes) is 7. The van der Waals surface area contributed by atoms with E-state index in [-0.39, 0.29) is 41.4 Å². The van der Waals surface area contributed by atoms with Crippen molar-refractivity contribution < 1.29 is 57.1 Å². The summed E-state index contributed by atoms with van der Waals surface area (Å²) in [5, 5.41) is 8.78. The van der Waals surface area contributed by atoms with Gasteiger partial charge in [0.15, 0.2) is 0 Å². The number of nitriles is 1. The number of hydrogen-bond donors (Lipinski definition) is 0. The molecular formula is C43H47NO12. The number of benzene rings is 3. The molecule has 0 fully saturated rings. The highest BCUT2D eigenvalue weighted by Gasteiger charge is 2.18. The van der Waals surface area contributed by atoms with Crippen LogP contribution in [0.1, 0.15) is 95.3 Å². The molecule has 0 aromatic heterocycles. The molecule has 3 aromatic carbocycles. The molecule has 0 saturated carbocycles. The van der Waals surface area contributed by atoms with Crippen molar-refractivity contribution in [3.05, 3.63) is 109 Å². The second kappa shape index (κ2) is 25.6. The van der Waals surface area contributed by atoms with Crippen LogP contribution in [0.3, 0.4) is 0 Å². The average molecular weight is 770 g/mol. The zero-order valence-electron chi connectivity index (χ0n) is 31.4. The van der Waals surface area contributed by atoms with Crippen LogP contribution in [0.5, 0.6) is 23.0 Å². The van der Waals surface area contributed by atoms with Crippen LogP contribution in [-0.2, 0) is 23.8 Å². The molecule has 13 nitrogen and oxygen atoms in total. The van der Waals surface area contributed by atoms with Gasteiger partial charge in [0.2, 0.25) is 0 Å². The third-order valence-electron chi connectivity index (χ3n) is 7.86. The van der Waals surface area contributed by atoms with Gasteiger partial charge >= 0.3 is 29.8 Å². The molecule has 0 aliphatic rings. The van der Waals surface area contributed by atoms with Crippen LogP contribution in [0, 0.1) is 11.3 Å². The van der Waals surface area contributed by atoms with Gasteiger partial charge in [0.25, 0.3) is 0 Å². The molecule has 0 saturated heterocycles. The van der Waals surface area contributed by atoms with E-state index in [1.54, 1.807) is 24.3 Å². The third-order valence-corrected chi connectivity index (χ3v) is 7.86. The molecule has 0 heterocycles. The van der Waals surface area contributed by atoms with E-state index in [9.17, 15) is 24.0 Å². The molecule has 0 N–H and O–H groups in total. The van der Waals surface area contributed by atoms with Crippen molar-refractivity contribution in [1.29, 1.82) is 5.26 Å². The maximum Gasteiger partial charge on any atom is 0.343 e. The molecule has 3 aromatic rings. The summed E-state index contributed by atoms with van der Waals surface area (Å²) >= 11 is 0. The summed E-state index contributed by atoms with van der Waals surface area (Å²) in [6, 6.07) is 18.7. The number of esters is 5. The van der Waals surface area contributed by atoms with Gasteiger partial charge in [0.1, 0.15) is 28.6 Å². The number of ether oxygens (including phenoxy) is 7. The van der Waals surface area contributed by atoms with Gasteiger partial charge in [-0.05, 0) is 125 Å². The van der Waals surface area contributed by atoms with E-state index in [1.807, 2.05) is 6.07 Å². The van der Waals surface area contributed by atoms with Crippen LogP contribution >= 0.6 is 0 Å². The molecule has 56 heavy (non-hydrogen) atoms. The monoisotopic (exact) mass is 769 g/mol. The Kier molecular flexibility index (Phi) is 20.1. The normalized spacial score (nSPS) is 10.3. The zero-order chi connectivity index (χ0) is 40.4. The largest absolute Gasteiger partial charge is 0.494 e. The van der Waals surface area contributed by atoms with Crippen LogP contribution < -0.4 is 18.9 Å². The number of nitrogens with zero attached hydrogens (tertiary/aromatic N) is 1. The van der Waals surface area contributed by atoms with Crippen molar-refractivity contribution >= 4 is 29.8 Å². The minimum atomic E-state index is -0.715. The van der Waals surface area contributed by atoms with Crippen molar-refractivity contribution in [1.82, 2.24) is 0 Å². The number of rotatable bonds is 26. The summed E-state index contributed by atoms with van der Waals surface area (Å²) in [6.07, 6.45) is 9.26. The Hall–Kier alpha value is -6.42. The van der Waals surface area contributed by atoms with E-state index < -0.39 is 29.8 Å². The fourth-order valence-corrected chi connectivity index (χ4v) is 4.88. The highest BCUT2D eigenvalue weighted by Crippen LogP contribution is 2.27. The van der Waals surface area contributed by atoms with Gasteiger partial charge in [-0.15, -0.1) is 0 Å². The molecule has 0 aliphatic heterocycles. The fraction of sp³-hybridized carbons (Fsp3) is 0.349. The first-order chi connectivity index (χ1) is 27.2. The molecule has 0 amide bonds. The van der Waals surface area contributed by atoms with Gasteiger partial charge in [-0.25, -0.2) is 24.0 Å². The topological polar surface area (TPSA) is 174 Å². The Labute approximate surface area is 326 Å². The summed E-state index contributed by atoms with van der Waals surface area (Å²) in [5.41, 5.74) is 0.538. The molecule has 0 atom stereocenters. The average Bonchev–Trinajstić information content (AvgIpc) is 3.21. The van der Waals surface area contributed by atoms with Crippen molar-refractivity contribution in [2.24, 2.45) is 0 Å². The molecule has 0 radical (unpaired) electrons. The summed E-state index contributed by atoms with van der Waals surface area (Å²) in [6.45, 7) is 8.23. The standard InChI is InChI=1S/C43H47NO12/c1-3-39(45)52-28-12-7-5-10-26-50-34-19-15-32(16-20-34)41(47)55-35-21-17-33(18-22-35)42(48)56-36-23-24-38(37(31-36)43(49)54-30-14-9-25-44)51-27-11-6-8-13-29-53-40(46)4-2/h3-4,15-24,31H,1-2,5-14,26-30H2. The summed E-state index contributed by atoms with van der Waals surface area (Å²) in [4.78, 5) is 60.9. The Balaban J connectivity index is 1.49. The summed E-state index contributed by atoms with van der Waals surface area (Å²) in [7, 11) is 0. The first-order valence-electron chi connectivity index (χ1n) is 18.4. The van der Waals surface area contributed by atoms with Gasteiger partial charge in [0.05, 0.1) is 50.2 Å². The van der Waals surface area contributed by atoms with Crippen LogP contribution in [0.25, 0.3) is 0 Å². The Bertz CT molecular complexity index is 1790. The lowest BCUT2D eigenvalue weighted by Crippen LogP contribution is -2.12. The minimum absolute atomic E-state index is 0.0319. The first-order valence-corrected chi connectivity index (χ1v) is 18.4. The van der Waals surface area contributed by atoms with E-state index in [0.717, 1.165) is 50.7 Å². The number of hydrogen-bond acceptors (Lipinski definition) is 13. The maximum absolute atomic E-state index is 13.0. The van der Waals surface area contributed by atoms with Crippen molar-refractivity contribution in [3.8, 4) is 29.1 Å². The van der Waals surface area contributed by atoms with Crippen molar-refractivity contribution in [2.45, 2.75) is 64.2 Å². The van der Waals surface area contributed by atoms with Crippen molar-refractivity contribution in [2.75, 3.05) is 33.0 Å². The second-order valence-corrected chi connectivity index (χ2v) is 12.2. The SMILES string of the molecule is C=CC(=O)OCCCCCCOc1ccc(C(=O)Oc2ccc(C(=O)Oc3ccc(OCCCCCCOC(=O)C=C)c(C(=O)OCCCC#N)c3)cc2)cc1. The lowest BCUT2D eigenvalue weighted by molar-refractivity contribution is -0.138. The van der Waals surface area contributed by atoms with Gasteiger partial charge in [-0.1, -0.05) is 13.2 Å². The molecule has 296 valence electrons. The lowest BCUT2D eigenvalue weighted by Gasteiger charge is -2.13. The molecular weight excluding hydrogens is 722 g/mol. The predicted octanol–water partition coefficient (Wildman–Crippen LogP) is 7.92. The van der Waals surface area contributed by atoms with Crippen LogP contribution in [-0.4, -0.2) is 62.9 Å². The fourth-order valence-electron chi connectivity index (χ4n) is 4.88. The first kappa shape index (κ1) is 44.0. The minimum Gasteiger partial charge on any atom is -0.494 e. The highest BCUT2D eigenvalue weighted by molar-refractivity contribution is 5.95. The predicted molar refractivity (Wildman–Crippen MR) is 205 cm³/mol. The second-order valence-electron chi connectivity index (χ2n) is 12.2. The van der Waals surface area contributed by atoms with Gasteiger partial charge in [-0.3, -0.25) is 0 Å². The van der Waals surface area contributed by atoms with E-state index in [0.29, 0.717) is 57.0 Å². The van der Waals surface area contributed by atoms with Crippen LogP contribution in [0.15, 0.2) is 92.0 Å². The molecule has 3 rings (SSSR count). The van der Waals surface area contributed by atoms with Gasteiger partial charge in [0, 0.05) is 18.6 Å².